The van der Waals surface area contributed by atoms with Crippen molar-refractivity contribution >= 4 is 24.2 Å². The molecule has 3 atom stereocenters. The van der Waals surface area contributed by atoms with Crippen LogP contribution in [0.2, 0.25) is 0 Å². The molecule has 0 saturated carbocycles. The summed E-state index contributed by atoms with van der Waals surface area (Å²) in [6, 6.07) is 33.5. The van der Waals surface area contributed by atoms with Gasteiger partial charge in [0.1, 0.15) is 37.2 Å². The number of hydrogen-bond donors (Lipinski definition) is 1. The van der Waals surface area contributed by atoms with E-state index < -0.39 is 47.7 Å². The van der Waals surface area contributed by atoms with Crippen molar-refractivity contribution in [2.24, 2.45) is 5.92 Å². The fraction of sp³-hybridized carbons (Fsp3) is 0.412. The van der Waals surface area contributed by atoms with Gasteiger partial charge in [0, 0.05) is 24.9 Å². The number of carbonyl (C=O) groups is 4. The number of fused-ring (bicyclic) bond motifs is 3. The smallest absolute Gasteiger partial charge is 0.412 e. The van der Waals surface area contributed by atoms with Gasteiger partial charge < -0.3 is 29.0 Å². The summed E-state index contributed by atoms with van der Waals surface area (Å²) in [5, 5.41) is 2.79. The van der Waals surface area contributed by atoms with E-state index >= 15 is 0 Å². The second-order valence-electron chi connectivity index (χ2n) is 17.5. The molecule has 1 fully saturated rings. The number of unbranched alkanes of at least 4 members (excludes halogenated alkanes) is 1. The molecular formula is C51H61N3O9. The normalized spacial score (nSPS) is 16.2. The van der Waals surface area contributed by atoms with E-state index in [1.54, 1.807) is 11.0 Å². The first-order valence-corrected chi connectivity index (χ1v) is 21.8. The molecule has 1 saturated heterocycles. The van der Waals surface area contributed by atoms with Crippen LogP contribution >= 0.6 is 0 Å². The van der Waals surface area contributed by atoms with Crippen LogP contribution in [0.15, 0.2) is 122 Å². The quantitative estimate of drug-likeness (QED) is 0.0449. The lowest BCUT2D eigenvalue weighted by atomic mass is 9.94. The van der Waals surface area contributed by atoms with Gasteiger partial charge in [-0.05, 0) is 93.7 Å². The predicted molar refractivity (Wildman–Crippen MR) is 240 cm³/mol. The number of esters is 1. The molecule has 6 rings (SSSR count). The van der Waals surface area contributed by atoms with Gasteiger partial charge in [0.05, 0.1) is 12.6 Å². The molecule has 2 aliphatic rings. The SMILES string of the molecule is C=C[C@H](CCN(C(=O)OCC1c2ccccc2-c2ccccc21)[C@@H](CCCCNC(=O)OCc1ccccc1)C(=O)OCc1ccccc1)[C@H]1COC(C)(C)N1C(=O)OC(C)(C)C. The molecule has 63 heavy (non-hydrogen) atoms. The molecule has 1 heterocycles. The Bertz CT molecular complexity index is 2130. The highest BCUT2D eigenvalue weighted by molar-refractivity contribution is 5.82. The predicted octanol–water partition coefficient (Wildman–Crippen LogP) is 10.0. The van der Waals surface area contributed by atoms with Gasteiger partial charge in [-0.1, -0.05) is 115 Å². The number of carbonyl (C=O) groups excluding carboxylic acids is 4. The summed E-state index contributed by atoms with van der Waals surface area (Å²) in [6.45, 7) is 14.0. The third kappa shape index (κ3) is 12.3. The minimum Gasteiger partial charge on any atom is -0.459 e. The first kappa shape index (κ1) is 46.4. The first-order chi connectivity index (χ1) is 30.3. The lowest BCUT2D eigenvalue weighted by Crippen LogP contribution is -2.52. The molecule has 1 N–H and O–H groups in total. The molecule has 4 aromatic carbocycles. The Morgan fingerprint density at radius 3 is 1.97 bits per heavy atom. The summed E-state index contributed by atoms with van der Waals surface area (Å²) >= 11 is 0. The molecular weight excluding hydrogens is 799 g/mol. The fourth-order valence-electron chi connectivity index (χ4n) is 8.27. The van der Waals surface area contributed by atoms with E-state index in [9.17, 15) is 19.2 Å². The van der Waals surface area contributed by atoms with Crippen LogP contribution in [-0.2, 0) is 41.7 Å². The molecule has 334 valence electrons. The van der Waals surface area contributed by atoms with Gasteiger partial charge >= 0.3 is 24.2 Å². The van der Waals surface area contributed by atoms with Crippen molar-refractivity contribution in [3.05, 3.63) is 144 Å². The zero-order chi connectivity index (χ0) is 45.0. The number of benzene rings is 4. The standard InChI is InChI=1S/C51H61N3O9/c1-7-38(45-35-62-51(5,6)54(45)49(58)63-50(2,3)4)29-31-53(48(57)61-34-43-41-26-16-14-24-39(41)40-25-15-17-27-42(40)43)44(46(55)59-32-36-20-10-8-11-21-36)28-18-19-30-52-47(56)60-33-37-22-12-9-13-23-37/h7-17,20-27,38,43-45H,1,18-19,28-35H2,2-6H3,(H,52,56)/t38-,44+,45-/m1/s1. The molecule has 0 spiro atoms. The van der Waals surface area contributed by atoms with Crippen molar-refractivity contribution in [1.82, 2.24) is 15.1 Å². The van der Waals surface area contributed by atoms with Crippen LogP contribution in [-0.4, -0.2) is 83.8 Å². The number of nitrogens with zero attached hydrogens (tertiary/aromatic N) is 2. The van der Waals surface area contributed by atoms with Gasteiger partial charge in [-0.15, -0.1) is 6.58 Å². The summed E-state index contributed by atoms with van der Waals surface area (Å²) < 4.78 is 29.5. The second kappa shape index (κ2) is 21.3. The van der Waals surface area contributed by atoms with Gasteiger partial charge in [-0.25, -0.2) is 19.2 Å². The minimum atomic E-state index is -1.04. The average molecular weight is 860 g/mol. The molecule has 1 aliphatic carbocycles. The molecule has 12 nitrogen and oxygen atoms in total. The number of nitrogens with one attached hydrogen (secondary N) is 1. The van der Waals surface area contributed by atoms with E-state index in [1.807, 2.05) is 120 Å². The van der Waals surface area contributed by atoms with Crippen molar-refractivity contribution in [2.75, 3.05) is 26.3 Å². The molecule has 12 heteroatoms. The first-order valence-electron chi connectivity index (χ1n) is 21.8. The number of ether oxygens (including phenoxy) is 5. The van der Waals surface area contributed by atoms with Crippen LogP contribution in [0.5, 0.6) is 0 Å². The molecule has 0 radical (unpaired) electrons. The van der Waals surface area contributed by atoms with Crippen LogP contribution in [0.1, 0.15) is 88.5 Å². The van der Waals surface area contributed by atoms with E-state index in [4.69, 9.17) is 23.7 Å². The van der Waals surface area contributed by atoms with Gasteiger partial charge in [0.15, 0.2) is 0 Å². The van der Waals surface area contributed by atoms with E-state index in [0.717, 1.165) is 33.4 Å². The topological polar surface area (TPSA) is 133 Å². The maximum Gasteiger partial charge on any atom is 0.412 e. The van der Waals surface area contributed by atoms with Crippen LogP contribution in [0, 0.1) is 5.92 Å². The molecule has 0 aromatic heterocycles. The van der Waals surface area contributed by atoms with E-state index in [0.29, 0.717) is 25.8 Å². The average Bonchev–Trinajstić information content (AvgIpc) is 3.77. The molecule has 3 amide bonds. The molecule has 1 aliphatic heterocycles. The zero-order valence-electron chi connectivity index (χ0n) is 37.1. The molecule has 4 aromatic rings. The van der Waals surface area contributed by atoms with Crippen LogP contribution < -0.4 is 5.32 Å². The Hall–Kier alpha value is -6.14. The number of amides is 3. The highest BCUT2D eigenvalue weighted by Crippen LogP contribution is 2.44. The van der Waals surface area contributed by atoms with E-state index in [2.05, 4.69) is 36.2 Å². The van der Waals surface area contributed by atoms with Gasteiger partial charge in [0.25, 0.3) is 0 Å². The Morgan fingerprint density at radius 1 is 0.810 bits per heavy atom. The van der Waals surface area contributed by atoms with Crippen molar-refractivity contribution in [1.29, 1.82) is 0 Å². The minimum absolute atomic E-state index is 0.0120. The summed E-state index contributed by atoms with van der Waals surface area (Å²) in [5.74, 6) is -1.16. The molecule has 0 unspecified atom stereocenters. The number of alkyl carbamates (subject to hydrolysis) is 1. The summed E-state index contributed by atoms with van der Waals surface area (Å²) in [7, 11) is 0. The van der Waals surface area contributed by atoms with Crippen LogP contribution in [0.25, 0.3) is 11.1 Å². The maximum atomic E-state index is 14.7. The van der Waals surface area contributed by atoms with Crippen molar-refractivity contribution in [2.45, 2.75) is 103 Å². The Labute approximate surface area is 371 Å². The van der Waals surface area contributed by atoms with Crippen molar-refractivity contribution in [3.63, 3.8) is 0 Å². The van der Waals surface area contributed by atoms with Crippen molar-refractivity contribution in [3.8, 4) is 11.1 Å². The highest BCUT2D eigenvalue weighted by atomic mass is 16.6. The lowest BCUT2D eigenvalue weighted by molar-refractivity contribution is -0.151. The fourth-order valence-corrected chi connectivity index (χ4v) is 8.27. The maximum absolute atomic E-state index is 14.7. The highest BCUT2D eigenvalue weighted by Gasteiger charge is 2.48. The zero-order valence-corrected chi connectivity index (χ0v) is 37.1. The summed E-state index contributed by atoms with van der Waals surface area (Å²) in [6.07, 6.45) is 1.51. The Morgan fingerprint density at radius 2 is 1.38 bits per heavy atom. The largest absolute Gasteiger partial charge is 0.459 e. The van der Waals surface area contributed by atoms with Gasteiger partial charge in [-0.2, -0.15) is 0 Å². The Kier molecular flexibility index (Phi) is 15.7. The van der Waals surface area contributed by atoms with Gasteiger partial charge in [-0.3, -0.25) is 9.80 Å². The van der Waals surface area contributed by atoms with E-state index in [1.165, 1.54) is 4.90 Å². The monoisotopic (exact) mass is 859 g/mol. The number of hydrogen-bond acceptors (Lipinski definition) is 9. The van der Waals surface area contributed by atoms with Crippen LogP contribution in [0.4, 0.5) is 14.4 Å². The second-order valence-corrected chi connectivity index (χ2v) is 17.5. The van der Waals surface area contributed by atoms with Crippen LogP contribution in [0.3, 0.4) is 0 Å². The van der Waals surface area contributed by atoms with E-state index in [-0.39, 0.29) is 51.2 Å². The molecule has 0 bridgehead atoms. The summed E-state index contributed by atoms with van der Waals surface area (Å²) in [4.78, 5) is 58.2. The number of rotatable bonds is 18. The third-order valence-corrected chi connectivity index (χ3v) is 11.4. The van der Waals surface area contributed by atoms with Crippen molar-refractivity contribution < 1.29 is 42.9 Å². The lowest BCUT2D eigenvalue weighted by Gasteiger charge is -2.38. The third-order valence-electron chi connectivity index (χ3n) is 11.4. The van der Waals surface area contributed by atoms with Gasteiger partial charge in [0.2, 0.25) is 0 Å². The Balaban J connectivity index is 1.22. The summed E-state index contributed by atoms with van der Waals surface area (Å²) in [5.41, 5.74) is 4.27.